The van der Waals surface area contributed by atoms with E-state index in [4.69, 9.17) is 10.5 Å². The van der Waals surface area contributed by atoms with Gasteiger partial charge in [0.25, 0.3) is 10.0 Å². The quantitative estimate of drug-likeness (QED) is 0.838. The summed E-state index contributed by atoms with van der Waals surface area (Å²) >= 11 is 0. The number of nitrogens with zero attached hydrogens (tertiary/aromatic N) is 3. The molecule has 0 amide bonds. The van der Waals surface area contributed by atoms with E-state index < -0.39 is 10.0 Å². The monoisotopic (exact) mass is 300 g/mol. The first kappa shape index (κ1) is 13.8. The first-order valence-corrected chi connectivity index (χ1v) is 8.30. The fraction of sp³-hybridized carbons (Fsp3) is 0.750. The Morgan fingerprint density at radius 3 is 2.75 bits per heavy atom. The Labute approximate surface area is 118 Å². The molecule has 1 saturated carbocycles. The van der Waals surface area contributed by atoms with Crippen LogP contribution in [0.1, 0.15) is 19.3 Å². The molecule has 3 rings (SSSR count). The number of ether oxygens (including phenoxy) is 1. The Hall–Kier alpha value is -1.12. The van der Waals surface area contributed by atoms with Gasteiger partial charge in [-0.25, -0.2) is 13.4 Å². The largest absolute Gasteiger partial charge is 0.381 e. The molecule has 7 nitrogen and oxygen atoms in total. The van der Waals surface area contributed by atoms with Gasteiger partial charge in [0, 0.05) is 26.2 Å². The van der Waals surface area contributed by atoms with Crippen molar-refractivity contribution in [2.24, 2.45) is 13.0 Å². The van der Waals surface area contributed by atoms with Gasteiger partial charge in [-0.15, -0.1) is 0 Å². The van der Waals surface area contributed by atoms with Crippen molar-refractivity contribution in [2.45, 2.75) is 30.3 Å². The maximum absolute atomic E-state index is 12.8. The molecule has 8 heteroatoms. The summed E-state index contributed by atoms with van der Waals surface area (Å²) < 4.78 is 34.1. The van der Waals surface area contributed by atoms with Crippen LogP contribution in [0.5, 0.6) is 0 Å². The van der Waals surface area contributed by atoms with Gasteiger partial charge in [0.2, 0.25) is 0 Å². The second kappa shape index (κ2) is 5.01. The van der Waals surface area contributed by atoms with Crippen LogP contribution in [-0.4, -0.2) is 48.1 Å². The second-order valence-corrected chi connectivity index (χ2v) is 7.39. The van der Waals surface area contributed by atoms with E-state index in [1.807, 2.05) is 0 Å². The smallest absolute Gasteiger partial charge is 0.262 e. The van der Waals surface area contributed by atoms with Gasteiger partial charge in [-0.1, -0.05) is 0 Å². The summed E-state index contributed by atoms with van der Waals surface area (Å²) in [4.78, 5) is 3.89. The molecule has 1 aromatic rings. The molecule has 0 spiro atoms. The van der Waals surface area contributed by atoms with Gasteiger partial charge in [-0.05, 0) is 25.2 Å². The fourth-order valence-electron chi connectivity index (χ4n) is 2.65. The number of hydrogen-bond acceptors (Lipinski definition) is 5. The topological polar surface area (TPSA) is 90.5 Å². The van der Waals surface area contributed by atoms with Crippen LogP contribution in [-0.2, 0) is 21.8 Å². The molecular weight excluding hydrogens is 280 g/mol. The van der Waals surface area contributed by atoms with E-state index >= 15 is 0 Å². The Morgan fingerprint density at radius 2 is 2.25 bits per heavy atom. The lowest BCUT2D eigenvalue weighted by molar-refractivity contribution is 0.180. The SMILES string of the molecule is Cn1cnc(N)c1S(=O)(=O)N(CC1CCOC1)C1CC1. The summed E-state index contributed by atoms with van der Waals surface area (Å²) in [6.45, 7) is 1.87. The molecule has 1 unspecified atom stereocenters. The van der Waals surface area contributed by atoms with Crippen LogP contribution >= 0.6 is 0 Å². The van der Waals surface area contributed by atoms with Crippen LogP contribution in [0, 0.1) is 5.92 Å². The van der Waals surface area contributed by atoms with E-state index in [0.29, 0.717) is 13.2 Å². The average Bonchev–Trinajstić information content (AvgIpc) is 2.97. The van der Waals surface area contributed by atoms with Gasteiger partial charge in [-0.3, -0.25) is 0 Å². The molecule has 1 saturated heterocycles. The Morgan fingerprint density at radius 1 is 1.50 bits per heavy atom. The zero-order valence-electron chi connectivity index (χ0n) is 11.5. The van der Waals surface area contributed by atoms with Crippen LogP contribution < -0.4 is 5.73 Å². The highest BCUT2D eigenvalue weighted by molar-refractivity contribution is 7.89. The number of nitrogens with two attached hydrogens (primary N) is 1. The summed E-state index contributed by atoms with van der Waals surface area (Å²) in [6, 6.07) is 0.106. The normalized spacial score (nSPS) is 23.6. The predicted octanol–water partition coefficient (Wildman–Crippen LogP) is 0.192. The number of sulfonamides is 1. The molecule has 2 N–H and O–H groups in total. The van der Waals surface area contributed by atoms with E-state index in [9.17, 15) is 8.42 Å². The third-order valence-electron chi connectivity index (χ3n) is 3.88. The number of nitrogen functional groups attached to an aromatic ring is 1. The van der Waals surface area contributed by atoms with Crippen molar-refractivity contribution in [2.75, 3.05) is 25.5 Å². The minimum Gasteiger partial charge on any atom is -0.381 e. The molecule has 0 aromatic carbocycles. The minimum atomic E-state index is -3.59. The predicted molar refractivity (Wildman–Crippen MR) is 73.5 cm³/mol. The number of rotatable bonds is 5. The van der Waals surface area contributed by atoms with E-state index in [1.165, 1.54) is 10.9 Å². The summed E-state index contributed by atoms with van der Waals surface area (Å²) in [5, 5.41) is 0.100. The number of anilines is 1. The maximum atomic E-state index is 12.8. The standard InChI is InChI=1S/C12H20N4O3S/c1-15-8-14-11(13)12(15)20(17,18)16(10-2-3-10)6-9-4-5-19-7-9/h8-10H,2-7,13H2,1H3. The molecular formula is C12H20N4O3S. The maximum Gasteiger partial charge on any atom is 0.262 e. The number of imidazole rings is 1. The Balaban J connectivity index is 1.89. The third-order valence-corrected chi connectivity index (χ3v) is 5.93. The molecule has 2 fully saturated rings. The van der Waals surface area contributed by atoms with Crippen LogP contribution in [0.2, 0.25) is 0 Å². The lowest BCUT2D eigenvalue weighted by atomic mass is 10.1. The molecule has 1 aliphatic heterocycles. The van der Waals surface area contributed by atoms with Gasteiger partial charge in [-0.2, -0.15) is 4.31 Å². The highest BCUT2D eigenvalue weighted by Gasteiger charge is 2.41. The van der Waals surface area contributed by atoms with Crippen molar-refractivity contribution in [1.82, 2.24) is 13.9 Å². The fourth-order valence-corrected chi connectivity index (χ4v) is 4.61. The summed E-state index contributed by atoms with van der Waals surface area (Å²) in [5.41, 5.74) is 5.73. The van der Waals surface area contributed by atoms with E-state index in [0.717, 1.165) is 25.9 Å². The van der Waals surface area contributed by atoms with Gasteiger partial charge in [0.1, 0.15) is 0 Å². The molecule has 2 heterocycles. The van der Waals surface area contributed by atoms with Crippen molar-refractivity contribution in [3.8, 4) is 0 Å². The lowest BCUT2D eigenvalue weighted by Crippen LogP contribution is -2.38. The number of aromatic nitrogens is 2. The van der Waals surface area contributed by atoms with Crippen molar-refractivity contribution in [3.05, 3.63) is 6.33 Å². The van der Waals surface area contributed by atoms with Crippen LogP contribution in [0.4, 0.5) is 5.82 Å². The van der Waals surface area contributed by atoms with Crippen LogP contribution in [0.15, 0.2) is 11.4 Å². The van der Waals surface area contributed by atoms with E-state index in [1.54, 1.807) is 11.4 Å². The molecule has 112 valence electrons. The van der Waals surface area contributed by atoms with Crippen LogP contribution in [0.3, 0.4) is 0 Å². The van der Waals surface area contributed by atoms with Crippen molar-refractivity contribution >= 4 is 15.8 Å². The van der Waals surface area contributed by atoms with Crippen molar-refractivity contribution < 1.29 is 13.2 Å². The van der Waals surface area contributed by atoms with Gasteiger partial charge in [0.05, 0.1) is 12.9 Å². The number of aryl methyl sites for hydroxylation is 1. The summed E-state index contributed by atoms with van der Waals surface area (Å²) in [6.07, 6.45) is 4.20. The van der Waals surface area contributed by atoms with E-state index in [2.05, 4.69) is 4.98 Å². The van der Waals surface area contributed by atoms with Gasteiger partial charge >= 0.3 is 0 Å². The molecule has 20 heavy (non-hydrogen) atoms. The minimum absolute atomic E-state index is 0.0702. The van der Waals surface area contributed by atoms with Gasteiger partial charge < -0.3 is 15.0 Å². The lowest BCUT2D eigenvalue weighted by Gasteiger charge is -2.24. The second-order valence-electron chi connectivity index (χ2n) is 5.58. The van der Waals surface area contributed by atoms with Crippen molar-refractivity contribution in [3.63, 3.8) is 0 Å². The van der Waals surface area contributed by atoms with Crippen LogP contribution in [0.25, 0.3) is 0 Å². The first-order valence-electron chi connectivity index (χ1n) is 6.86. The zero-order chi connectivity index (χ0) is 14.3. The summed E-state index contributed by atoms with van der Waals surface area (Å²) in [5.74, 6) is 0.348. The van der Waals surface area contributed by atoms with E-state index in [-0.39, 0.29) is 22.8 Å². The first-order chi connectivity index (χ1) is 9.50. The molecule has 1 aliphatic carbocycles. The average molecular weight is 300 g/mol. The molecule has 0 radical (unpaired) electrons. The molecule has 0 bridgehead atoms. The highest BCUT2D eigenvalue weighted by Crippen LogP contribution is 2.34. The zero-order valence-corrected chi connectivity index (χ0v) is 12.3. The highest BCUT2D eigenvalue weighted by atomic mass is 32.2. The van der Waals surface area contributed by atoms with Gasteiger partial charge in [0.15, 0.2) is 10.8 Å². The Bertz CT molecular complexity index is 568. The van der Waals surface area contributed by atoms with Crippen molar-refractivity contribution in [1.29, 1.82) is 0 Å². The Kier molecular flexibility index (Phi) is 3.47. The molecule has 1 atom stereocenters. The summed E-state index contributed by atoms with van der Waals surface area (Å²) in [7, 11) is -1.94. The molecule has 1 aromatic heterocycles. The number of hydrogen-bond donors (Lipinski definition) is 1. The molecule has 2 aliphatic rings. The third kappa shape index (κ3) is 2.43.